The van der Waals surface area contributed by atoms with Crippen molar-refractivity contribution < 1.29 is 9.32 Å². The summed E-state index contributed by atoms with van der Waals surface area (Å²) < 4.78 is 7.08. The zero-order chi connectivity index (χ0) is 24.2. The molecule has 1 aliphatic heterocycles. The number of benzene rings is 1. The molecule has 2 aromatic heterocycles. The van der Waals surface area contributed by atoms with Gasteiger partial charge in [0.15, 0.2) is 5.69 Å². The summed E-state index contributed by atoms with van der Waals surface area (Å²) in [4.78, 5) is 44.1. The lowest BCUT2D eigenvalue weighted by molar-refractivity contribution is 0.0906. The average Bonchev–Trinajstić information content (AvgIpc) is 3.31. The van der Waals surface area contributed by atoms with Gasteiger partial charge in [-0.2, -0.15) is 14.8 Å². The predicted molar refractivity (Wildman–Crippen MR) is 125 cm³/mol. The number of nitrogens with zero attached hydrogens (tertiary/aromatic N) is 6. The van der Waals surface area contributed by atoms with Gasteiger partial charge in [0.1, 0.15) is 0 Å². The number of hydrogen-bond donors (Lipinski definition) is 1. The highest BCUT2D eigenvalue weighted by molar-refractivity contribution is 5.89. The van der Waals surface area contributed by atoms with Gasteiger partial charge in [0, 0.05) is 20.1 Å². The number of hydrogen-bond acceptors (Lipinski definition) is 8. The standard InChI is InChI=1S/C23H29N7O4/c1-15-7-9-17(10-8-15)30-23(33)28(3)22(32)18(26-30)19-25-21(34-27-19)20(31)24-11-5-13-29-12-4-6-16(2)14-29/h7-10,16H,4-6,11-14H2,1-3H3,(H,24,31). The number of aryl methyl sites for hydroxylation is 1. The minimum absolute atomic E-state index is 0.158. The minimum Gasteiger partial charge on any atom is -0.348 e. The van der Waals surface area contributed by atoms with Gasteiger partial charge < -0.3 is 14.7 Å². The van der Waals surface area contributed by atoms with Crippen LogP contribution in [0.1, 0.15) is 42.4 Å². The number of amides is 1. The average molecular weight is 468 g/mol. The van der Waals surface area contributed by atoms with Crippen LogP contribution in [-0.4, -0.2) is 61.5 Å². The van der Waals surface area contributed by atoms with Crippen LogP contribution in [0, 0.1) is 12.8 Å². The Morgan fingerprint density at radius 2 is 2.00 bits per heavy atom. The first-order valence-corrected chi connectivity index (χ1v) is 11.5. The molecule has 1 aromatic carbocycles. The summed E-state index contributed by atoms with van der Waals surface area (Å²) in [6, 6.07) is 7.10. The van der Waals surface area contributed by atoms with Gasteiger partial charge >= 0.3 is 17.5 Å². The zero-order valence-electron chi connectivity index (χ0n) is 19.7. The third-order valence-corrected chi connectivity index (χ3v) is 5.96. The first kappa shape index (κ1) is 23.6. The molecule has 0 aliphatic carbocycles. The minimum atomic E-state index is -0.683. The summed E-state index contributed by atoms with van der Waals surface area (Å²) in [5.74, 6) is -0.233. The van der Waals surface area contributed by atoms with Gasteiger partial charge in [-0.3, -0.25) is 14.2 Å². The Hall–Kier alpha value is -3.60. The lowest BCUT2D eigenvalue weighted by atomic mass is 10.0. The Morgan fingerprint density at radius 1 is 1.24 bits per heavy atom. The fraction of sp³-hybridized carbons (Fsp3) is 0.478. The van der Waals surface area contributed by atoms with E-state index in [1.807, 2.05) is 19.1 Å². The molecule has 0 radical (unpaired) electrons. The Balaban J connectivity index is 1.46. The van der Waals surface area contributed by atoms with Crippen molar-refractivity contribution >= 4 is 5.91 Å². The van der Waals surface area contributed by atoms with Crippen LogP contribution >= 0.6 is 0 Å². The second-order valence-corrected chi connectivity index (χ2v) is 8.82. The molecule has 4 rings (SSSR count). The SMILES string of the molecule is Cc1ccc(-n2nc(-c3noc(C(=O)NCCCN4CCCC(C)C4)n3)c(=O)n(C)c2=O)cc1. The number of nitrogens with one attached hydrogen (secondary N) is 1. The maximum absolute atomic E-state index is 12.7. The lowest BCUT2D eigenvalue weighted by Gasteiger charge is -2.30. The van der Waals surface area contributed by atoms with E-state index in [0.29, 0.717) is 18.2 Å². The summed E-state index contributed by atoms with van der Waals surface area (Å²) in [5.41, 5.74) is 0.0156. The van der Waals surface area contributed by atoms with Gasteiger partial charge in [0.25, 0.3) is 5.56 Å². The first-order valence-electron chi connectivity index (χ1n) is 11.5. The topological polar surface area (TPSA) is 128 Å². The molecular formula is C23H29N7O4. The van der Waals surface area contributed by atoms with Crippen LogP contribution < -0.4 is 16.6 Å². The van der Waals surface area contributed by atoms with Gasteiger partial charge in [-0.15, -0.1) is 0 Å². The molecule has 1 atom stereocenters. The van der Waals surface area contributed by atoms with Crippen LogP contribution in [0.3, 0.4) is 0 Å². The fourth-order valence-electron chi connectivity index (χ4n) is 4.05. The number of piperidine rings is 1. The monoisotopic (exact) mass is 467 g/mol. The van der Waals surface area contributed by atoms with Crippen LogP contribution in [0.4, 0.5) is 0 Å². The van der Waals surface area contributed by atoms with Gasteiger partial charge in [0.2, 0.25) is 5.82 Å². The Kier molecular flexibility index (Phi) is 7.01. The van der Waals surface area contributed by atoms with E-state index in [2.05, 4.69) is 32.4 Å². The highest BCUT2D eigenvalue weighted by atomic mass is 16.5. The van der Waals surface area contributed by atoms with Crippen molar-refractivity contribution in [2.45, 2.75) is 33.1 Å². The summed E-state index contributed by atoms with van der Waals surface area (Å²) in [6.45, 7) is 7.76. The Bertz CT molecular complexity index is 1280. The van der Waals surface area contributed by atoms with E-state index in [4.69, 9.17) is 4.52 Å². The number of likely N-dealkylation sites (tertiary alicyclic amines) is 1. The molecule has 1 aliphatic rings. The quantitative estimate of drug-likeness (QED) is 0.513. The van der Waals surface area contributed by atoms with E-state index >= 15 is 0 Å². The van der Waals surface area contributed by atoms with Crippen LogP contribution in [0.25, 0.3) is 17.2 Å². The molecule has 1 unspecified atom stereocenters. The molecule has 1 saturated heterocycles. The van der Waals surface area contributed by atoms with Gasteiger partial charge in [0.05, 0.1) is 5.69 Å². The molecule has 11 heteroatoms. The van der Waals surface area contributed by atoms with Crippen molar-refractivity contribution in [2.24, 2.45) is 13.0 Å². The molecule has 3 aromatic rings. The van der Waals surface area contributed by atoms with E-state index in [0.717, 1.165) is 40.9 Å². The molecule has 0 bridgehead atoms. The molecular weight excluding hydrogens is 438 g/mol. The van der Waals surface area contributed by atoms with Crippen molar-refractivity contribution in [1.29, 1.82) is 0 Å². The maximum Gasteiger partial charge on any atom is 0.351 e. The van der Waals surface area contributed by atoms with Gasteiger partial charge in [-0.1, -0.05) is 29.8 Å². The second kappa shape index (κ2) is 10.1. The van der Waals surface area contributed by atoms with Crippen LogP contribution in [0.5, 0.6) is 0 Å². The van der Waals surface area contributed by atoms with Crippen LogP contribution in [0.15, 0.2) is 38.4 Å². The zero-order valence-corrected chi connectivity index (χ0v) is 19.7. The molecule has 0 saturated carbocycles. The molecule has 0 spiro atoms. The number of rotatable bonds is 7. The molecule has 1 N–H and O–H groups in total. The van der Waals surface area contributed by atoms with Crippen molar-refractivity contribution in [2.75, 3.05) is 26.2 Å². The molecule has 34 heavy (non-hydrogen) atoms. The third-order valence-electron chi connectivity index (χ3n) is 5.96. The summed E-state index contributed by atoms with van der Waals surface area (Å²) in [6.07, 6.45) is 3.29. The molecule has 1 amide bonds. The van der Waals surface area contributed by atoms with Crippen LogP contribution in [-0.2, 0) is 7.05 Å². The smallest absolute Gasteiger partial charge is 0.348 e. The van der Waals surface area contributed by atoms with Crippen molar-refractivity contribution in [3.8, 4) is 17.2 Å². The van der Waals surface area contributed by atoms with Gasteiger partial charge in [-0.25, -0.2) is 4.79 Å². The fourth-order valence-corrected chi connectivity index (χ4v) is 4.05. The largest absolute Gasteiger partial charge is 0.351 e. The van der Waals surface area contributed by atoms with Crippen molar-refractivity contribution in [3.05, 3.63) is 56.6 Å². The third kappa shape index (κ3) is 5.14. The second-order valence-electron chi connectivity index (χ2n) is 8.82. The normalized spacial score (nSPS) is 16.5. The highest BCUT2D eigenvalue weighted by Crippen LogP contribution is 2.15. The molecule has 1 fully saturated rings. The van der Waals surface area contributed by atoms with E-state index in [1.54, 1.807) is 12.1 Å². The maximum atomic E-state index is 12.7. The summed E-state index contributed by atoms with van der Waals surface area (Å²) in [7, 11) is 1.34. The lowest BCUT2D eigenvalue weighted by Crippen LogP contribution is -2.40. The number of carbonyl (C=O) groups is 1. The first-order chi connectivity index (χ1) is 16.3. The Morgan fingerprint density at radius 3 is 2.74 bits per heavy atom. The van der Waals surface area contributed by atoms with E-state index in [-0.39, 0.29) is 17.4 Å². The molecule has 180 valence electrons. The molecule has 3 heterocycles. The Labute approximate surface area is 196 Å². The highest BCUT2D eigenvalue weighted by Gasteiger charge is 2.22. The van der Waals surface area contributed by atoms with E-state index < -0.39 is 17.2 Å². The van der Waals surface area contributed by atoms with Crippen molar-refractivity contribution in [1.82, 2.24) is 34.7 Å². The number of aromatic nitrogens is 5. The summed E-state index contributed by atoms with van der Waals surface area (Å²) >= 11 is 0. The van der Waals surface area contributed by atoms with Gasteiger partial charge in [-0.05, 0) is 57.3 Å². The van der Waals surface area contributed by atoms with E-state index in [9.17, 15) is 14.4 Å². The van der Waals surface area contributed by atoms with Crippen molar-refractivity contribution in [3.63, 3.8) is 0 Å². The number of carbonyl (C=O) groups excluding carboxylic acids is 1. The molecule has 11 nitrogen and oxygen atoms in total. The predicted octanol–water partition coefficient (Wildman–Crippen LogP) is 1.14. The van der Waals surface area contributed by atoms with E-state index in [1.165, 1.54) is 19.9 Å². The van der Waals surface area contributed by atoms with Crippen LogP contribution in [0.2, 0.25) is 0 Å². The summed E-state index contributed by atoms with van der Waals surface area (Å²) in [5, 5.41) is 10.7.